The number of hydrogen-bond donors (Lipinski definition) is 2. The van der Waals surface area contributed by atoms with Crippen LogP contribution in [-0.4, -0.2) is 24.0 Å². The fourth-order valence-corrected chi connectivity index (χ4v) is 2.57. The summed E-state index contributed by atoms with van der Waals surface area (Å²) in [4.78, 5) is 25.2. The van der Waals surface area contributed by atoms with Crippen LogP contribution in [-0.2, 0) is 4.79 Å². The van der Waals surface area contributed by atoms with Crippen LogP contribution in [0.3, 0.4) is 0 Å². The molecule has 5 heteroatoms. The highest BCUT2D eigenvalue weighted by atomic mass is 16.5. The van der Waals surface area contributed by atoms with Crippen molar-refractivity contribution in [1.29, 1.82) is 0 Å². The van der Waals surface area contributed by atoms with E-state index in [1.54, 1.807) is 24.3 Å². The van der Waals surface area contributed by atoms with Gasteiger partial charge in [0.25, 0.3) is 11.8 Å². The zero-order valence-corrected chi connectivity index (χ0v) is 16.4. The Balaban J connectivity index is 2.14. The van der Waals surface area contributed by atoms with Gasteiger partial charge in [-0.05, 0) is 50.5 Å². The van der Waals surface area contributed by atoms with E-state index in [1.165, 1.54) is 0 Å². The Morgan fingerprint density at radius 1 is 1.00 bits per heavy atom. The molecule has 0 unspecified atom stereocenters. The second-order valence-electron chi connectivity index (χ2n) is 6.60. The second-order valence-corrected chi connectivity index (χ2v) is 6.60. The van der Waals surface area contributed by atoms with Crippen molar-refractivity contribution < 1.29 is 14.3 Å². The van der Waals surface area contributed by atoms with Crippen molar-refractivity contribution in [2.75, 3.05) is 5.32 Å². The Morgan fingerprint density at radius 2 is 1.67 bits per heavy atom. The quantitative estimate of drug-likeness (QED) is 0.729. The summed E-state index contributed by atoms with van der Waals surface area (Å²) < 4.78 is 5.90. The van der Waals surface area contributed by atoms with Crippen molar-refractivity contribution in [3.63, 3.8) is 0 Å². The maximum Gasteiger partial charge on any atom is 0.265 e. The minimum atomic E-state index is -0.642. The van der Waals surface area contributed by atoms with Gasteiger partial charge in [0, 0.05) is 6.04 Å². The van der Waals surface area contributed by atoms with E-state index in [9.17, 15) is 9.59 Å². The largest absolute Gasteiger partial charge is 0.480 e. The minimum absolute atomic E-state index is 0.0639. The van der Waals surface area contributed by atoms with E-state index in [4.69, 9.17) is 4.74 Å². The van der Waals surface area contributed by atoms with Gasteiger partial charge >= 0.3 is 0 Å². The predicted octanol–water partition coefficient (Wildman–Crippen LogP) is 4.32. The molecule has 0 spiro atoms. The topological polar surface area (TPSA) is 67.4 Å². The Morgan fingerprint density at radius 3 is 2.33 bits per heavy atom. The molecule has 2 atom stereocenters. The number of carbonyl (C=O) groups is 2. The first-order valence-corrected chi connectivity index (χ1v) is 9.39. The van der Waals surface area contributed by atoms with Gasteiger partial charge in [-0.25, -0.2) is 0 Å². The van der Waals surface area contributed by atoms with Crippen molar-refractivity contribution >= 4 is 17.5 Å². The van der Waals surface area contributed by atoms with E-state index < -0.39 is 6.10 Å². The molecule has 0 aliphatic rings. The minimum Gasteiger partial charge on any atom is -0.480 e. The van der Waals surface area contributed by atoms with Gasteiger partial charge in [0.15, 0.2) is 6.10 Å². The summed E-state index contributed by atoms with van der Waals surface area (Å²) in [6.07, 6.45) is 0.709. The summed E-state index contributed by atoms with van der Waals surface area (Å²) >= 11 is 0. The van der Waals surface area contributed by atoms with Gasteiger partial charge in [0.05, 0.1) is 11.3 Å². The summed E-state index contributed by atoms with van der Waals surface area (Å²) in [6.45, 7) is 7.79. The van der Waals surface area contributed by atoms with E-state index in [0.29, 0.717) is 23.4 Å². The molecule has 0 radical (unpaired) electrons. The average Bonchev–Trinajstić information content (AvgIpc) is 2.67. The highest BCUT2D eigenvalue weighted by Gasteiger charge is 2.21. The number of benzene rings is 2. The third kappa shape index (κ3) is 5.58. The lowest BCUT2D eigenvalue weighted by atomic mass is 10.1. The first kappa shape index (κ1) is 20.5. The predicted molar refractivity (Wildman–Crippen MR) is 108 cm³/mol. The molecule has 0 saturated heterocycles. The molecule has 0 heterocycles. The lowest BCUT2D eigenvalue weighted by Crippen LogP contribution is -2.35. The van der Waals surface area contributed by atoms with Gasteiger partial charge < -0.3 is 15.4 Å². The monoisotopic (exact) mass is 368 g/mol. The SMILES string of the molecule is CC[C@H](Oc1ccccc1C)C(=O)Nc1ccccc1C(=O)N[C@@H](C)CC. The van der Waals surface area contributed by atoms with E-state index in [1.807, 2.05) is 52.0 Å². The van der Waals surface area contributed by atoms with Gasteiger partial charge in [-0.1, -0.05) is 44.2 Å². The fourth-order valence-electron chi connectivity index (χ4n) is 2.57. The molecule has 2 amide bonds. The first-order chi connectivity index (χ1) is 13.0. The maximum atomic E-state index is 12.7. The molecule has 0 fully saturated rings. The Labute approximate surface area is 161 Å². The zero-order valence-electron chi connectivity index (χ0n) is 16.4. The lowest BCUT2D eigenvalue weighted by Gasteiger charge is -2.20. The molecule has 0 aromatic heterocycles. The number of para-hydroxylation sites is 2. The van der Waals surface area contributed by atoms with Crippen LogP contribution in [0.15, 0.2) is 48.5 Å². The number of anilines is 1. The summed E-state index contributed by atoms with van der Waals surface area (Å²) in [7, 11) is 0. The smallest absolute Gasteiger partial charge is 0.265 e. The van der Waals surface area contributed by atoms with Crippen LogP contribution in [0.1, 0.15) is 49.5 Å². The van der Waals surface area contributed by atoms with Crippen molar-refractivity contribution in [2.24, 2.45) is 0 Å². The Kier molecular flexibility index (Phi) is 7.41. The third-order valence-electron chi connectivity index (χ3n) is 4.45. The molecule has 2 aromatic rings. The molecular formula is C22H28N2O3. The van der Waals surface area contributed by atoms with Crippen LogP contribution >= 0.6 is 0 Å². The number of aryl methyl sites for hydroxylation is 1. The van der Waals surface area contributed by atoms with E-state index in [-0.39, 0.29) is 17.9 Å². The van der Waals surface area contributed by atoms with E-state index >= 15 is 0 Å². The number of nitrogens with one attached hydrogen (secondary N) is 2. The van der Waals surface area contributed by atoms with Crippen LogP contribution in [0.2, 0.25) is 0 Å². The molecule has 0 saturated carbocycles. The number of carbonyl (C=O) groups excluding carboxylic acids is 2. The molecule has 5 nitrogen and oxygen atoms in total. The molecule has 27 heavy (non-hydrogen) atoms. The molecule has 0 aliphatic heterocycles. The maximum absolute atomic E-state index is 12.7. The van der Waals surface area contributed by atoms with Crippen LogP contribution < -0.4 is 15.4 Å². The highest BCUT2D eigenvalue weighted by Crippen LogP contribution is 2.21. The van der Waals surface area contributed by atoms with Crippen molar-refractivity contribution in [1.82, 2.24) is 5.32 Å². The molecule has 0 bridgehead atoms. The summed E-state index contributed by atoms with van der Waals surface area (Å²) in [6, 6.07) is 14.7. The Bertz CT molecular complexity index is 789. The molecular weight excluding hydrogens is 340 g/mol. The van der Waals surface area contributed by atoms with Gasteiger partial charge in [0.1, 0.15) is 5.75 Å². The molecule has 2 aromatic carbocycles. The van der Waals surface area contributed by atoms with Crippen molar-refractivity contribution in [2.45, 2.75) is 52.7 Å². The summed E-state index contributed by atoms with van der Waals surface area (Å²) in [5.41, 5.74) is 1.89. The van der Waals surface area contributed by atoms with Gasteiger partial charge in [-0.3, -0.25) is 9.59 Å². The van der Waals surface area contributed by atoms with E-state index in [2.05, 4.69) is 10.6 Å². The van der Waals surface area contributed by atoms with E-state index in [0.717, 1.165) is 12.0 Å². The molecule has 2 rings (SSSR count). The number of amides is 2. The summed E-state index contributed by atoms with van der Waals surface area (Å²) in [5.74, 6) is 0.208. The van der Waals surface area contributed by atoms with Gasteiger partial charge in [-0.2, -0.15) is 0 Å². The number of ether oxygens (including phenoxy) is 1. The van der Waals surface area contributed by atoms with Crippen LogP contribution in [0, 0.1) is 6.92 Å². The standard InChI is InChI=1S/C22H28N2O3/c1-5-16(4)23-21(25)17-12-8-9-13-18(17)24-22(26)19(6-2)27-20-14-10-7-11-15(20)3/h7-14,16,19H,5-6H2,1-4H3,(H,23,25)(H,24,26)/t16-,19-/m0/s1. The average molecular weight is 368 g/mol. The van der Waals surface area contributed by atoms with Crippen LogP contribution in [0.4, 0.5) is 5.69 Å². The third-order valence-corrected chi connectivity index (χ3v) is 4.45. The lowest BCUT2D eigenvalue weighted by molar-refractivity contribution is -0.122. The molecule has 2 N–H and O–H groups in total. The first-order valence-electron chi connectivity index (χ1n) is 9.39. The number of hydrogen-bond acceptors (Lipinski definition) is 3. The summed E-state index contributed by atoms with van der Waals surface area (Å²) in [5, 5.41) is 5.78. The van der Waals surface area contributed by atoms with Gasteiger partial charge in [0.2, 0.25) is 0 Å². The normalized spacial score (nSPS) is 12.7. The number of rotatable bonds is 8. The highest BCUT2D eigenvalue weighted by molar-refractivity contribution is 6.04. The zero-order chi connectivity index (χ0) is 19.8. The molecule has 0 aliphatic carbocycles. The van der Waals surface area contributed by atoms with Crippen LogP contribution in [0.25, 0.3) is 0 Å². The van der Waals surface area contributed by atoms with Crippen LogP contribution in [0.5, 0.6) is 5.75 Å². The van der Waals surface area contributed by atoms with Gasteiger partial charge in [-0.15, -0.1) is 0 Å². The molecule has 144 valence electrons. The second kappa shape index (κ2) is 9.76. The van der Waals surface area contributed by atoms with Crippen molar-refractivity contribution in [3.8, 4) is 5.75 Å². The Hall–Kier alpha value is -2.82. The van der Waals surface area contributed by atoms with Crippen molar-refractivity contribution in [3.05, 3.63) is 59.7 Å². The fraction of sp³-hybridized carbons (Fsp3) is 0.364.